The van der Waals surface area contributed by atoms with Crippen LogP contribution in [-0.2, 0) is 16.6 Å². The summed E-state index contributed by atoms with van der Waals surface area (Å²) in [5.41, 5.74) is 1.11. The Morgan fingerprint density at radius 1 is 1.32 bits per heavy atom. The summed E-state index contributed by atoms with van der Waals surface area (Å²) in [5, 5.41) is 4.22. The molecule has 0 bridgehead atoms. The monoisotopic (exact) mass is 302 g/mol. The van der Waals surface area contributed by atoms with Gasteiger partial charge in [0.2, 0.25) is 11.8 Å². The fourth-order valence-corrected chi connectivity index (χ4v) is 3.86. The first-order valence-electron chi connectivity index (χ1n) is 8.22. The Morgan fingerprint density at radius 2 is 2.14 bits per heavy atom. The maximum Gasteiger partial charge on any atom is 0.228 e. The molecule has 2 amide bonds. The molecule has 3 aliphatic rings. The highest BCUT2D eigenvalue weighted by Crippen LogP contribution is 2.37. The predicted octanol–water partition coefficient (Wildman–Crippen LogP) is 1.09. The average molecular weight is 302 g/mol. The number of rotatable bonds is 3. The van der Waals surface area contributed by atoms with Crippen LogP contribution in [0, 0.1) is 5.92 Å². The van der Waals surface area contributed by atoms with Gasteiger partial charge in [-0.3, -0.25) is 14.3 Å². The van der Waals surface area contributed by atoms with E-state index in [0.717, 1.165) is 37.8 Å². The summed E-state index contributed by atoms with van der Waals surface area (Å²) < 4.78 is 1.78. The smallest absolute Gasteiger partial charge is 0.228 e. The lowest BCUT2D eigenvalue weighted by Gasteiger charge is -2.26. The molecule has 2 saturated heterocycles. The summed E-state index contributed by atoms with van der Waals surface area (Å²) in [4.78, 5) is 28.9. The maximum atomic E-state index is 12.9. The van der Waals surface area contributed by atoms with Crippen molar-refractivity contribution in [1.29, 1.82) is 0 Å². The molecular formula is C16H22N4O2. The number of aromatic nitrogens is 2. The molecule has 118 valence electrons. The molecule has 2 aliphatic heterocycles. The van der Waals surface area contributed by atoms with Crippen molar-refractivity contribution in [1.82, 2.24) is 19.6 Å². The molecule has 2 atom stereocenters. The number of carbonyl (C=O) groups is 2. The van der Waals surface area contributed by atoms with E-state index in [1.165, 1.54) is 0 Å². The minimum Gasteiger partial charge on any atom is -0.339 e. The summed E-state index contributed by atoms with van der Waals surface area (Å²) in [6.45, 7) is 1.42. The molecule has 0 N–H and O–H groups in total. The average Bonchev–Trinajstić information content (AvgIpc) is 2.90. The highest BCUT2D eigenvalue weighted by Gasteiger charge is 2.44. The standard InChI is InChI=1S/C16H22N4O2/c1-18-9-12(8-17-18)14-3-2-6-19(14)16(22)11-7-15(21)20(10-11)13-4-5-13/h8-9,11,13-14H,2-7,10H2,1H3/t11-,14+/m0/s1. The van der Waals surface area contributed by atoms with Gasteiger partial charge in [0.05, 0.1) is 18.2 Å². The van der Waals surface area contributed by atoms with Crippen LogP contribution < -0.4 is 0 Å². The van der Waals surface area contributed by atoms with E-state index in [0.29, 0.717) is 19.0 Å². The van der Waals surface area contributed by atoms with Crippen LogP contribution in [-0.4, -0.2) is 50.5 Å². The minimum atomic E-state index is -0.148. The molecule has 1 aromatic heterocycles. The number of nitrogens with zero attached hydrogens (tertiary/aromatic N) is 4. The first-order valence-corrected chi connectivity index (χ1v) is 8.22. The molecule has 3 heterocycles. The number of carbonyl (C=O) groups excluding carboxylic acids is 2. The van der Waals surface area contributed by atoms with Gasteiger partial charge in [0.25, 0.3) is 0 Å². The van der Waals surface area contributed by atoms with Crippen LogP contribution >= 0.6 is 0 Å². The van der Waals surface area contributed by atoms with Gasteiger partial charge < -0.3 is 9.80 Å². The van der Waals surface area contributed by atoms with Crippen LogP contribution in [0.2, 0.25) is 0 Å². The SMILES string of the molecule is Cn1cc([C@H]2CCCN2C(=O)[C@H]2CC(=O)N(C3CC3)C2)cn1. The molecule has 1 aromatic rings. The van der Waals surface area contributed by atoms with Gasteiger partial charge >= 0.3 is 0 Å². The summed E-state index contributed by atoms with van der Waals surface area (Å²) >= 11 is 0. The molecule has 4 rings (SSSR count). The highest BCUT2D eigenvalue weighted by molar-refractivity contribution is 5.90. The van der Waals surface area contributed by atoms with Gasteiger partial charge in [0.15, 0.2) is 0 Å². The maximum absolute atomic E-state index is 12.9. The Balaban J connectivity index is 1.48. The van der Waals surface area contributed by atoms with Crippen LogP contribution in [0.1, 0.15) is 43.7 Å². The molecule has 0 radical (unpaired) electrons. The Hall–Kier alpha value is -1.85. The zero-order valence-corrected chi connectivity index (χ0v) is 12.9. The van der Waals surface area contributed by atoms with Crippen molar-refractivity contribution in [2.45, 2.75) is 44.2 Å². The summed E-state index contributed by atoms with van der Waals surface area (Å²) in [7, 11) is 1.90. The van der Waals surface area contributed by atoms with E-state index in [1.807, 2.05) is 29.2 Å². The van der Waals surface area contributed by atoms with Gasteiger partial charge in [-0.05, 0) is 25.7 Å². The fourth-order valence-electron chi connectivity index (χ4n) is 3.86. The van der Waals surface area contributed by atoms with Crippen LogP contribution in [0.25, 0.3) is 0 Å². The first-order chi connectivity index (χ1) is 10.6. The zero-order valence-electron chi connectivity index (χ0n) is 12.9. The lowest BCUT2D eigenvalue weighted by Crippen LogP contribution is -2.37. The van der Waals surface area contributed by atoms with Gasteiger partial charge in [0, 0.05) is 44.4 Å². The van der Waals surface area contributed by atoms with E-state index in [9.17, 15) is 9.59 Å². The van der Waals surface area contributed by atoms with Crippen molar-refractivity contribution < 1.29 is 9.59 Å². The summed E-state index contributed by atoms with van der Waals surface area (Å²) in [6.07, 6.45) is 8.47. The topological polar surface area (TPSA) is 58.4 Å². The Bertz CT molecular complexity index is 607. The molecular weight excluding hydrogens is 280 g/mol. The van der Waals surface area contributed by atoms with Crippen molar-refractivity contribution >= 4 is 11.8 Å². The van der Waals surface area contributed by atoms with Crippen molar-refractivity contribution in [3.05, 3.63) is 18.0 Å². The second-order valence-corrected chi connectivity index (χ2v) is 6.82. The Kier molecular flexibility index (Phi) is 3.20. The van der Waals surface area contributed by atoms with E-state index >= 15 is 0 Å². The third-order valence-corrected chi connectivity index (χ3v) is 5.14. The van der Waals surface area contributed by atoms with E-state index in [4.69, 9.17) is 0 Å². The van der Waals surface area contributed by atoms with Gasteiger partial charge in [-0.1, -0.05) is 0 Å². The highest BCUT2D eigenvalue weighted by atomic mass is 16.2. The van der Waals surface area contributed by atoms with Gasteiger partial charge in [-0.2, -0.15) is 5.10 Å². The van der Waals surface area contributed by atoms with Crippen molar-refractivity contribution in [3.8, 4) is 0 Å². The number of hydrogen-bond acceptors (Lipinski definition) is 3. The predicted molar refractivity (Wildman–Crippen MR) is 79.7 cm³/mol. The van der Waals surface area contributed by atoms with Crippen LogP contribution in [0.4, 0.5) is 0 Å². The van der Waals surface area contributed by atoms with E-state index < -0.39 is 0 Å². The van der Waals surface area contributed by atoms with Gasteiger partial charge in [0.1, 0.15) is 0 Å². The molecule has 6 heteroatoms. The molecule has 0 unspecified atom stereocenters. The minimum absolute atomic E-state index is 0.131. The quantitative estimate of drug-likeness (QED) is 0.840. The van der Waals surface area contributed by atoms with Crippen molar-refractivity contribution in [2.75, 3.05) is 13.1 Å². The number of likely N-dealkylation sites (tertiary alicyclic amines) is 2. The third-order valence-electron chi connectivity index (χ3n) is 5.14. The molecule has 0 aromatic carbocycles. The molecule has 6 nitrogen and oxygen atoms in total. The zero-order chi connectivity index (χ0) is 15.3. The van der Waals surface area contributed by atoms with Crippen molar-refractivity contribution in [2.24, 2.45) is 13.0 Å². The lowest BCUT2D eigenvalue weighted by molar-refractivity contribution is -0.136. The molecule has 1 saturated carbocycles. The molecule has 1 aliphatic carbocycles. The number of aryl methyl sites for hydroxylation is 1. The van der Waals surface area contributed by atoms with E-state index in [2.05, 4.69) is 5.10 Å². The number of hydrogen-bond donors (Lipinski definition) is 0. The lowest BCUT2D eigenvalue weighted by atomic mass is 10.0. The van der Waals surface area contributed by atoms with Crippen molar-refractivity contribution in [3.63, 3.8) is 0 Å². The van der Waals surface area contributed by atoms with Gasteiger partial charge in [-0.15, -0.1) is 0 Å². The fraction of sp³-hybridized carbons (Fsp3) is 0.688. The number of amides is 2. The van der Waals surface area contributed by atoms with Crippen LogP contribution in [0.15, 0.2) is 12.4 Å². The second kappa shape index (κ2) is 5.11. The normalized spacial score (nSPS) is 28.7. The van der Waals surface area contributed by atoms with E-state index in [1.54, 1.807) is 4.68 Å². The second-order valence-electron chi connectivity index (χ2n) is 6.82. The van der Waals surface area contributed by atoms with Crippen LogP contribution in [0.5, 0.6) is 0 Å². The summed E-state index contributed by atoms with van der Waals surface area (Å²) in [5.74, 6) is 0.172. The molecule has 0 spiro atoms. The van der Waals surface area contributed by atoms with Gasteiger partial charge in [-0.25, -0.2) is 0 Å². The Morgan fingerprint density at radius 3 is 2.82 bits per heavy atom. The molecule has 22 heavy (non-hydrogen) atoms. The molecule has 3 fully saturated rings. The van der Waals surface area contributed by atoms with E-state index in [-0.39, 0.29) is 23.8 Å². The largest absolute Gasteiger partial charge is 0.339 e. The summed E-state index contributed by atoms with van der Waals surface area (Å²) in [6, 6.07) is 0.546. The Labute approximate surface area is 130 Å². The third kappa shape index (κ3) is 2.30. The first kappa shape index (κ1) is 13.8. The van der Waals surface area contributed by atoms with Crippen LogP contribution in [0.3, 0.4) is 0 Å².